The van der Waals surface area contributed by atoms with E-state index in [9.17, 15) is 9.59 Å². The second kappa shape index (κ2) is 6.71. The molecule has 3 N–H and O–H groups in total. The van der Waals surface area contributed by atoms with Crippen LogP contribution < -0.4 is 22.3 Å². The third-order valence-corrected chi connectivity index (χ3v) is 4.33. The fourth-order valence-corrected chi connectivity index (χ4v) is 2.93. The molecule has 7 nitrogen and oxygen atoms in total. The molecule has 0 saturated carbocycles. The number of nitrogens with zero attached hydrogens (tertiary/aromatic N) is 3. The molecule has 24 heavy (non-hydrogen) atoms. The van der Waals surface area contributed by atoms with Crippen LogP contribution in [0.4, 0.5) is 11.5 Å². The Labute approximate surface area is 142 Å². The van der Waals surface area contributed by atoms with Gasteiger partial charge in [0.2, 0.25) is 0 Å². The summed E-state index contributed by atoms with van der Waals surface area (Å²) in [7, 11) is 1.44. The van der Waals surface area contributed by atoms with Crippen LogP contribution in [0.2, 0.25) is 0 Å². The van der Waals surface area contributed by atoms with Gasteiger partial charge in [0.05, 0.1) is 24.3 Å². The Morgan fingerprint density at radius 1 is 1.25 bits per heavy atom. The Kier molecular flexibility index (Phi) is 4.48. The minimum atomic E-state index is -0.447. The van der Waals surface area contributed by atoms with Crippen molar-refractivity contribution in [2.75, 3.05) is 11.1 Å². The summed E-state index contributed by atoms with van der Waals surface area (Å²) in [4.78, 5) is 28.9. The van der Waals surface area contributed by atoms with Gasteiger partial charge in [0.25, 0.3) is 5.56 Å². The highest BCUT2D eigenvalue weighted by atomic mass is 32.1. The summed E-state index contributed by atoms with van der Waals surface area (Å²) in [5.74, 6) is 0.127. The number of hydrogen-bond donors (Lipinski definition) is 2. The van der Waals surface area contributed by atoms with Gasteiger partial charge in [-0.25, -0.2) is 9.78 Å². The topological polar surface area (TPSA) is 94.9 Å². The van der Waals surface area contributed by atoms with Crippen LogP contribution in [-0.4, -0.2) is 14.1 Å². The molecule has 0 unspecified atom stereocenters. The molecule has 3 aromatic rings. The van der Waals surface area contributed by atoms with Gasteiger partial charge in [-0.1, -0.05) is 30.3 Å². The summed E-state index contributed by atoms with van der Waals surface area (Å²) >= 11 is 1.47. The molecule has 0 aliphatic rings. The maximum Gasteiger partial charge on any atom is 0.332 e. The Balaban J connectivity index is 1.99. The van der Waals surface area contributed by atoms with E-state index in [-0.39, 0.29) is 11.5 Å². The number of aromatic nitrogens is 3. The molecule has 0 aliphatic heterocycles. The number of nitrogens with one attached hydrogen (secondary N) is 1. The normalized spacial score (nSPS) is 10.7. The number of rotatable bonds is 5. The van der Waals surface area contributed by atoms with Crippen molar-refractivity contribution in [3.05, 3.63) is 73.3 Å². The molecule has 0 bridgehead atoms. The Morgan fingerprint density at radius 3 is 2.67 bits per heavy atom. The predicted octanol–water partition coefficient (Wildman–Crippen LogP) is 1.25. The maximum atomic E-state index is 12.4. The van der Waals surface area contributed by atoms with E-state index in [0.29, 0.717) is 13.1 Å². The van der Waals surface area contributed by atoms with Gasteiger partial charge in [0.15, 0.2) is 0 Å². The highest BCUT2D eigenvalue weighted by Gasteiger charge is 2.15. The van der Waals surface area contributed by atoms with Crippen molar-refractivity contribution in [1.29, 1.82) is 0 Å². The monoisotopic (exact) mass is 343 g/mol. The van der Waals surface area contributed by atoms with E-state index in [1.807, 2.05) is 35.7 Å². The average molecular weight is 343 g/mol. The Bertz CT molecular complexity index is 945. The van der Waals surface area contributed by atoms with Gasteiger partial charge in [-0.3, -0.25) is 13.9 Å². The SMILES string of the molecule is Cn1c(=O)c(NCc2cscn2)c(N)n(Cc2ccccc2)c1=O. The summed E-state index contributed by atoms with van der Waals surface area (Å²) < 4.78 is 2.45. The van der Waals surface area contributed by atoms with Crippen molar-refractivity contribution < 1.29 is 0 Å². The highest BCUT2D eigenvalue weighted by molar-refractivity contribution is 7.07. The van der Waals surface area contributed by atoms with Gasteiger partial charge in [0, 0.05) is 12.4 Å². The van der Waals surface area contributed by atoms with E-state index in [1.54, 1.807) is 5.51 Å². The smallest absolute Gasteiger partial charge is 0.332 e. The van der Waals surface area contributed by atoms with E-state index < -0.39 is 11.2 Å². The summed E-state index contributed by atoms with van der Waals surface area (Å²) in [6, 6.07) is 9.48. The predicted molar refractivity (Wildman–Crippen MR) is 95.3 cm³/mol. The number of nitrogens with two attached hydrogens (primary N) is 1. The Hall–Kier alpha value is -2.87. The van der Waals surface area contributed by atoms with Gasteiger partial charge >= 0.3 is 5.69 Å². The molecule has 124 valence electrons. The third-order valence-electron chi connectivity index (χ3n) is 3.70. The number of thiazole rings is 1. The van der Waals surface area contributed by atoms with E-state index in [2.05, 4.69) is 10.3 Å². The average Bonchev–Trinajstić information content (AvgIpc) is 3.11. The first-order valence-electron chi connectivity index (χ1n) is 7.32. The molecular formula is C16H17N5O2S. The van der Waals surface area contributed by atoms with Gasteiger partial charge in [0.1, 0.15) is 11.5 Å². The van der Waals surface area contributed by atoms with Crippen LogP contribution in [-0.2, 0) is 20.1 Å². The molecule has 0 spiro atoms. The summed E-state index contributed by atoms with van der Waals surface area (Å²) in [5, 5.41) is 4.89. The lowest BCUT2D eigenvalue weighted by molar-refractivity contribution is 0.656. The summed E-state index contributed by atoms with van der Waals surface area (Å²) in [5.41, 5.74) is 8.88. The van der Waals surface area contributed by atoms with Crippen LogP contribution >= 0.6 is 11.3 Å². The first kappa shape index (κ1) is 16.0. The highest BCUT2D eigenvalue weighted by Crippen LogP contribution is 2.14. The minimum Gasteiger partial charge on any atom is -0.383 e. The molecule has 0 atom stereocenters. The van der Waals surface area contributed by atoms with Crippen LogP contribution in [0.1, 0.15) is 11.3 Å². The van der Waals surface area contributed by atoms with Crippen LogP contribution in [0.5, 0.6) is 0 Å². The zero-order valence-corrected chi connectivity index (χ0v) is 13.9. The van der Waals surface area contributed by atoms with Crippen LogP contribution in [0.3, 0.4) is 0 Å². The lowest BCUT2D eigenvalue weighted by Gasteiger charge is -2.16. The van der Waals surface area contributed by atoms with E-state index in [0.717, 1.165) is 15.8 Å². The zero-order valence-electron chi connectivity index (χ0n) is 13.1. The number of nitrogen functional groups attached to an aromatic ring is 1. The first-order valence-corrected chi connectivity index (χ1v) is 8.26. The number of hydrogen-bond acceptors (Lipinski definition) is 6. The number of anilines is 2. The fraction of sp³-hybridized carbons (Fsp3) is 0.188. The van der Waals surface area contributed by atoms with Gasteiger partial charge in [-0.05, 0) is 5.56 Å². The van der Waals surface area contributed by atoms with Crippen molar-refractivity contribution in [3.8, 4) is 0 Å². The molecule has 0 radical (unpaired) electrons. The van der Waals surface area contributed by atoms with Gasteiger partial charge in [-0.2, -0.15) is 0 Å². The van der Waals surface area contributed by atoms with E-state index in [4.69, 9.17) is 5.73 Å². The van der Waals surface area contributed by atoms with Crippen molar-refractivity contribution in [1.82, 2.24) is 14.1 Å². The standard InChI is InChI=1S/C16H17N5O2S/c1-20-15(22)13(18-7-12-9-24-10-19-12)14(17)21(16(20)23)8-11-5-3-2-4-6-11/h2-6,9-10,18H,7-8,17H2,1H3. The molecule has 1 aromatic carbocycles. The largest absolute Gasteiger partial charge is 0.383 e. The lowest BCUT2D eigenvalue weighted by atomic mass is 10.2. The molecule has 0 saturated heterocycles. The van der Waals surface area contributed by atoms with Crippen molar-refractivity contribution in [2.24, 2.45) is 7.05 Å². The van der Waals surface area contributed by atoms with Crippen LogP contribution in [0.15, 0.2) is 50.8 Å². The molecule has 8 heteroatoms. The van der Waals surface area contributed by atoms with Crippen molar-refractivity contribution in [3.63, 3.8) is 0 Å². The molecular weight excluding hydrogens is 326 g/mol. The minimum absolute atomic E-state index is 0.127. The van der Waals surface area contributed by atoms with E-state index >= 15 is 0 Å². The van der Waals surface area contributed by atoms with Crippen molar-refractivity contribution >= 4 is 22.8 Å². The molecule has 2 heterocycles. The maximum absolute atomic E-state index is 12.4. The summed E-state index contributed by atoms with van der Waals surface area (Å²) in [6.45, 7) is 0.664. The summed E-state index contributed by atoms with van der Waals surface area (Å²) in [6.07, 6.45) is 0. The van der Waals surface area contributed by atoms with Crippen LogP contribution in [0, 0.1) is 0 Å². The van der Waals surface area contributed by atoms with Gasteiger partial charge < -0.3 is 11.1 Å². The Morgan fingerprint density at radius 2 is 2.00 bits per heavy atom. The molecule has 0 amide bonds. The second-order valence-electron chi connectivity index (χ2n) is 5.31. The van der Waals surface area contributed by atoms with Crippen LogP contribution in [0.25, 0.3) is 0 Å². The molecule has 0 fully saturated rings. The molecule has 2 aromatic heterocycles. The van der Waals surface area contributed by atoms with Gasteiger partial charge in [-0.15, -0.1) is 11.3 Å². The molecule has 3 rings (SSSR count). The molecule has 0 aliphatic carbocycles. The number of benzene rings is 1. The first-order chi connectivity index (χ1) is 11.6. The van der Waals surface area contributed by atoms with E-state index in [1.165, 1.54) is 23.0 Å². The third kappa shape index (κ3) is 3.09. The quantitative estimate of drug-likeness (QED) is 0.727. The lowest BCUT2D eigenvalue weighted by Crippen LogP contribution is -2.41. The second-order valence-corrected chi connectivity index (χ2v) is 6.03. The van der Waals surface area contributed by atoms with Crippen molar-refractivity contribution in [2.45, 2.75) is 13.1 Å². The fourth-order valence-electron chi connectivity index (χ4n) is 2.37. The zero-order chi connectivity index (χ0) is 17.1.